The average Bonchev–Trinajstić information content (AvgIpc) is 2.63. The van der Waals surface area contributed by atoms with Gasteiger partial charge in [-0.3, -0.25) is 0 Å². The lowest BCUT2D eigenvalue weighted by Crippen LogP contribution is -1.97. The molecule has 3 nitrogen and oxygen atoms in total. The highest BCUT2D eigenvalue weighted by molar-refractivity contribution is 5.78. The molecule has 3 rings (SSSR count). The molecular formula is C16H17NO2. The first-order valence-electron chi connectivity index (χ1n) is 6.50. The second-order valence-corrected chi connectivity index (χ2v) is 4.80. The summed E-state index contributed by atoms with van der Waals surface area (Å²) in [5.41, 5.74) is 10.1. The van der Waals surface area contributed by atoms with Crippen molar-refractivity contribution in [1.82, 2.24) is 0 Å². The molecule has 1 aliphatic rings. The van der Waals surface area contributed by atoms with Crippen LogP contribution < -0.4 is 15.2 Å². The fourth-order valence-electron chi connectivity index (χ4n) is 2.28. The molecule has 1 aliphatic heterocycles. The normalized spacial score (nSPS) is 13.9. The Bertz CT molecular complexity index is 608. The molecule has 0 spiro atoms. The van der Waals surface area contributed by atoms with Gasteiger partial charge in [0.1, 0.15) is 0 Å². The lowest BCUT2D eigenvalue weighted by Gasteiger charge is -2.11. The third-order valence-corrected chi connectivity index (χ3v) is 3.27. The smallest absolute Gasteiger partial charge is 0.161 e. The second kappa shape index (κ2) is 4.84. The molecule has 0 bridgehead atoms. The number of aryl methyl sites for hydroxylation is 1. The highest BCUT2D eigenvalue weighted by Gasteiger charge is 2.12. The summed E-state index contributed by atoms with van der Waals surface area (Å²) in [6.07, 6.45) is 0.913. The summed E-state index contributed by atoms with van der Waals surface area (Å²) >= 11 is 0. The van der Waals surface area contributed by atoms with E-state index in [0.29, 0.717) is 13.2 Å². The highest BCUT2D eigenvalue weighted by atomic mass is 16.5. The van der Waals surface area contributed by atoms with Crippen LogP contribution in [0.2, 0.25) is 0 Å². The van der Waals surface area contributed by atoms with E-state index in [1.54, 1.807) is 0 Å². The first-order valence-corrected chi connectivity index (χ1v) is 6.50. The number of nitrogen functional groups attached to an aromatic ring is 1. The van der Waals surface area contributed by atoms with Gasteiger partial charge in [0.25, 0.3) is 0 Å². The van der Waals surface area contributed by atoms with Crippen LogP contribution in [0.3, 0.4) is 0 Å². The molecule has 2 N–H and O–H groups in total. The third-order valence-electron chi connectivity index (χ3n) is 3.27. The van der Waals surface area contributed by atoms with Gasteiger partial charge in [-0.15, -0.1) is 0 Å². The Morgan fingerprint density at radius 3 is 2.53 bits per heavy atom. The number of rotatable bonds is 1. The highest BCUT2D eigenvalue weighted by Crippen LogP contribution is 2.36. The van der Waals surface area contributed by atoms with Crippen molar-refractivity contribution in [2.45, 2.75) is 13.3 Å². The van der Waals surface area contributed by atoms with Crippen molar-refractivity contribution in [2.24, 2.45) is 0 Å². The number of ether oxygens (including phenoxy) is 2. The minimum absolute atomic E-state index is 0.694. The van der Waals surface area contributed by atoms with Crippen LogP contribution in [-0.4, -0.2) is 13.2 Å². The van der Waals surface area contributed by atoms with Gasteiger partial charge >= 0.3 is 0 Å². The standard InChI is InChI=1S/C16H17NO2/c1-11-3-5-13(14(17)9-11)12-4-6-15-16(10-12)19-8-2-7-18-15/h3-6,9-10H,2,7-8,17H2,1H3. The largest absolute Gasteiger partial charge is 0.490 e. The van der Waals surface area contributed by atoms with Crippen LogP contribution in [-0.2, 0) is 0 Å². The SMILES string of the molecule is Cc1ccc(-c2ccc3c(c2)OCCCO3)c(N)c1. The molecule has 0 aliphatic carbocycles. The zero-order chi connectivity index (χ0) is 13.2. The first-order chi connectivity index (χ1) is 9.24. The fraction of sp³-hybridized carbons (Fsp3) is 0.250. The van der Waals surface area contributed by atoms with Gasteiger partial charge in [0, 0.05) is 17.7 Å². The molecule has 0 fully saturated rings. The lowest BCUT2D eigenvalue weighted by atomic mass is 10.0. The van der Waals surface area contributed by atoms with Gasteiger partial charge in [-0.25, -0.2) is 0 Å². The van der Waals surface area contributed by atoms with E-state index in [0.717, 1.165) is 40.3 Å². The van der Waals surface area contributed by atoms with Crippen molar-refractivity contribution in [3.8, 4) is 22.6 Å². The van der Waals surface area contributed by atoms with E-state index >= 15 is 0 Å². The molecule has 19 heavy (non-hydrogen) atoms. The maximum atomic E-state index is 6.09. The minimum Gasteiger partial charge on any atom is -0.490 e. The van der Waals surface area contributed by atoms with Gasteiger partial charge < -0.3 is 15.2 Å². The molecule has 98 valence electrons. The van der Waals surface area contributed by atoms with Gasteiger partial charge in [0.05, 0.1) is 13.2 Å². The number of anilines is 1. The number of benzene rings is 2. The topological polar surface area (TPSA) is 44.5 Å². The Morgan fingerprint density at radius 1 is 0.947 bits per heavy atom. The minimum atomic E-state index is 0.694. The Morgan fingerprint density at radius 2 is 1.74 bits per heavy atom. The Balaban J connectivity index is 2.03. The quantitative estimate of drug-likeness (QED) is 0.794. The molecule has 0 amide bonds. The fourth-order valence-corrected chi connectivity index (χ4v) is 2.28. The average molecular weight is 255 g/mol. The zero-order valence-corrected chi connectivity index (χ0v) is 11.0. The number of fused-ring (bicyclic) bond motifs is 1. The maximum absolute atomic E-state index is 6.09. The third kappa shape index (κ3) is 2.36. The lowest BCUT2D eigenvalue weighted by molar-refractivity contribution is 0.297. The van der Waals surface area contributed by atoms with Crippen LogP contribution in [0.5, 0.6) is 11.5 Å². The summed E-state index contributed by atoms with van der Waals surface area (Å²) in [6.45, 7) is 3.44. The van der Waals surface area contributed by atoms with Crippen molar-refractivity contribution < 1.29 is 9.47 Å². The monoisotopic (exact) mass is 255 g/mol. The van der Waals surface area contributed by atoms with Crippen molar-refractivity contribution in [2.75, 3.05) is 18.9 Å². The molecule has 2 aromatic carbocycles. The number of hydrogen-bond donors (Lipinski definition) is 1. The molecule has 3 heteroatoms. The molecule has 0 aromatic heterocycles. The predicted octanol–water partition coefficient (Wildman–Crippen LogP) is 3.41. The summed E-state index contributed by atoms with van der Waals surface area (Å²) in [5, 5.41) is 0. The molecule has 0 unspecified atom stereocenters. The maximum Gasteiger partial charge on any atom is 0.161 e. The van der Waals surface area contributed by atoms with Crippen LogP contribution in [0, 0.1) is 6.92 Å². The van der Waals surface area contributed by atoms with E-state index in [9.17, 15) is 0 Å². The summed E-state index contributed by atoms with van der Waals surface area (Å²) in [4.78, 5) is 0. The molecule has 0 saturated heterocycles. The van der Waals surface area contributed by atoms with Crippen LogP contribution >= 0.6 is 0 Å². The van der Waals surface area contributed by atoms with E-state index in [1.165, 1.54) is 0 Å². The van der Waals surface area contributed by atoms with Gasteiger partial charge in [0.15, 0.2) is 11.5 Å². The second-order valence-electron chi connectivity index (χ2n) is 4.80. The zero-order valence-electron chi connectivity index (χ0n) is 11.0. The number of nitrogens with two attached hydrogens (primary N) is 1. The van der Waals surface area contributed by atoms with E-state index in [2.05, 4.69) is 6.07 Å². The molecule has 2 aromatic rings. The van der Waals surface area contributed by atoms with E-state index in [-0.39, 0.29) is 0 Å². The van der Waals surface area contributed by atoms with Crippen molar-refractivity contribution >= 4 is 5.69 Å². The van der Waals surface area contributed by atoms with Crippen LogP contribution in [0.15, 0.2) is 36.4 Å². The van der Waals surface area contributed by atoms with Crippen LogP contribution in [0.25, 0.3) is 11.1 Å². The Kier molecular flexibility index (Phi) is 3.03. The van der Waals surface area contributed by atoms with Gasteiger partial charge in [0.2, 0.25) is 0 Å². The predicted molar refractivity (Wildman–Crippen MR) is 76.6 cm³/mol. The van der Waals surface area contributed by atoms with E-state index < -0.39 is 0 Å². The van der Waals surface area contributed by atoms with Crippen LogP contribution in [0.1, 0.15) is 12.0 Å². The van der Waals surface area contributed by atoms with Gasteiger partial charge in [-0.2, -0.15) is 0 Å². The Labute approximate surface area is 113 Å². The summed E-state index contributed by atoms with van der Waals surface area (Å²) < 4.78 is 11.3. The first kappa shape index (κ1) is 11.9. The van der Waals surface area contributed by atoms with Crippen molar-refractivity contribution in [1.29, 1.82) is 0 Å². The Hall–Kier alpha value is -2.16. The molecule has 0 saturated carbocycles. The molecule has 0 atom stereocenters. The molecule has 1 heterocycles. The number of hydrogen-bond acceptors (Lipinski definition) is 3. The van der Waals surface area contributed by atoms with Crippen molar-refractivity contribution in [3.63, 3.8) is 0 Å². The van der Waals surface area contributed by atoms with E-state index in [4.69, 9.17) is 15.2 Å². The van der Waals surface area contributed by atoms with Crippen LogP contribution in [0.4, 0.5) is 5.69 Å². The summed E-state index contributed by atoms with van der Waals surface area (Å²) in [7, 11) is 0. The molecule has 0 radical (unpaired) electrons. The van der Waals surface area contributed by atoms with E-state index in [1.807, 2.05) is 37.3 Å². The van der Waals surface area contributed by atoms with Crippen molar-refractivity contribution in [3.05, 3.63) is 42.0 Å². The molecular weight excluding hydrogens is 238 g/mol. The summed E-state index contributed by atoms with van der Waals surface area (Å²) in [6, 6.07) is 12.1. The summed E-state index contributed by atoms with van der Waals surface area (Å²) in [5.74, 6) is 1.61. The van der Waals surface area contributed by atoms with Gasteiger partial charge in [-0.05, 0) is 36.2 Å². The van der Waals surface area contributed by atoms with Gasteiger partial charge in [-0.1, -0.05) is 18.2 Å².